The van der Waals surface area contributed by atoms with Gasteiger partial charge in [-0.15, -0.1) is 10.2 Å². The van der Waals surface area contributed by atoms with Crippen LogP contribution >= 0.6 is 23.4 Å². The maximum atomic E-state index is 12.0. The summed E-state index contributed by atoms with van der Waals surface area (Å²) in [6, 6.07) is 19.7. The van der Waals surface area contributed by atoms with E-state index in [2.05, 4.69) is 32.2 Å². The van der Waals surface area contributed by atoms with Crippen molar-refractivity contribution in [2.75, 3.05) is 5.75 Å². The van der Waals surface area contributed by atoms with Gasteiger partial charge < -0.3 is 14.3 Å². The number of halogens is 1. The average molecular weight is 506 g/mol. The number of thioether (sulfide) groups is 1. The van der Waals surface area contributed by atoms with E-state index in [-0.39, 0.29) is 5.91 Å². The lowest BCUT2D eigenvalue weighted by Crippen LogP contribution is -2.22. The van der Waals surface area contributed by atoms with Gasteiger partial charge in [-0.05, 0) is 48.7 Å². The largest absolute Gasteiger partial charge is 0.467 e. The summed E-state index contributed by atoms with van der Waals surface area (Å²) in [6.07, 6.45) is 3.75. The first-order chi connectivity index (χ1) is 17.2. The molecule has 35 heavy (non-hydrogen) atoms. The quantitative estimate of drug-likeness (QED) is 0.189. The molecule has 0 fully saturated rings. The van der Waals surface area contributed by atoms with Crippen molar-refractivity contribution < 1.29 is 9.21 Å². The number of carbonyl (C=O) groups excluding carboxylic acids is 1. The van der Waals surface area contributed by atoms with Crippen molar-refractivity contribution in [1.29, 1.82) is 0 Å². The lowest BCUT2D eigenvalue weighted by molar-refractivity contribution is -0.121. The Balaban J connectivity index is 1.23. The van der Waals surface area contributed by atoms with Crippen LogP contribution in [0.25, 0.3) is 22.1 Å². The number of hydrogen-bond acceptors (Lipinski definition) is 6. The molecule has 0 atom stereocenters. The molecule has 0 radical (unpaired) electrons. The fraction of sp³-hybridized carbons (Fsp3) is 0.231. The van der Waals surface area contributed by atoms with Gasteiger partial charge in [0.25, 0.3) is 0 Å². The van der Waals surface area contributed by atoms with E-state index in [0.717, 1.165) is 52.0 Å². The maximum absolute atomic E-state index is 12.0. The van der Waals surface area contributed by atoms with Gasteiger partial charge in [-0.1, -0.05) is 53.7 Å². The molecule has 1 N–H and O–H groups in total. The normalized spacial score (nSPS) is 11.3. The Bertz CT molecular complexity index is 1450. The topological polar surface area (TPSA) is 85.8 Å². The molecule has 0 saturated heterocycles. The average Bonchev–Trinajstić information content (AvgIpc) is 3.49. The van der Waals surface area contributed by atoms with Crippen LogP contribution in [-0.4, -0.2) is 31.4 Å². The van der Waals surface area contributed by atoms with Crippen LogP contribution in [0.15, 0.2) is 76.5 Å². The van der Waals surface area contributed by atoms with Crippen LogP contribution in [0.2, 0.25) is 5.02 Å². The minimum atomic E-state index is 0.0243. The molecule has 3 heterocycles. The Kier molecular flexibility index (Phi) is 7.30. The van der Waals surface area contributed by atoms with Gasteiger partial charge in [-0.3, -0.25) is 4.79 Å². The molecular formula is C26H24ClN5O2S. The number of nitrogens with one attached hydrogen (secondary N) is 1. The Labute approximate surface area is 211 Å². The zero-order chi connectivity index (χ0) is 24.0. The van der Waals surface area contributed by atoms with Crippen molar-refractivity contribution >= 4 is 51.3 Å². The lowest BCUT2D eigenvalue weighted by atomic mass is 10.2. The Morgan fingerprint density at radius 1 is 1.06 bits per heavy atom. The van der Waals surface area contributed by atoms with E-state index in [0.29, 0.717) is 29.7 Å². The van der Waals surface area contributed by atoms with Gasteiger partial charge in [0.05, 0.1) is 18.3 Å². The maximum Gasteiger partial charge on any atom is 0.220 e. The summed E-state index contributed by atoms with van der Waals surface area (Å²) in [5, 5.41) is 14.1. The minimum Gasteiger partial charge on any atom is -0.467 e. The fourth-order valence-electron chi connectivity index (χ4n) is 3.97. The van der Waals surface area contributed by atoms with E-state index >= 15 is 0 Å². The molecule has 0 unspecified atom stereocenters. The standard InChI is InChI=1S/C26H24ClN5O2S/c27-19-8-5-7-18(15-19)17-32-22-11-2-1-10-21(22)24-25(32)29-26(31-30-24)35-14-4-3-12-23(33)28-16-20-9-6-13-34-20/h1-2,5-11,13,15H,3-4,12,14,16-17H2,(H,28,33). The second-order valence-electron chi connectivity index (χ2n) is 8.16. The third-order valence-corrected chi connectivity index (χ3v) is 6.81. The molecule has 0 aliphatic rings. The van der Waals surface area contributed by atoms with E-state index in [1.165, 1.54) is 0 Å². The number of carbonyl (C=O) groups is 1. The van der Waals surface area contributed by atoms with E-state index in [9.17, 15) is 4.79 Å². The first kappa shape index (κ1) is 23.4. The second-order valence-corrected chi connectivity index (χ2v) is 9.66. The minimum absolute atomic E-state index is 0.0243. The highest BCUT2D eigenvalue weighted by molar-refractivity contribution is 7.99. The van der Waals surface area contributed by atoms with Crippen LogP contribution in [0.4, 0.5) is 0 Å². The van der Waals surface area contributed by atoms with Gasteiger partial charge in [0.2, 0.25) is 11.1 Å². The number of rotatable bonds is 10. The summed E-state index contributed by atoms with van der Waals surface area (Å²) in [7, 11) is 0. The first-order valence-corrected chi connectivity index (χ1v) is 12.8. The highest BCUT2D eigenvalue weighted by Crippen LogP contribution is 2.28. The monoisotopic (exact) mass is 505 g/mol. The van der Waals surface area contributed by atoms with Crippen LogP contribution in [0.3, 0.4) is 0 Å². The SMILES string of the molecule is O=C(CCCCSc1nnc2c3ccccc3n(Cc3cccc(Cl)c3)c2n1)NCc1ccco1. The van der Waals surface area contributed by atoms with Crippen molar-refractivity contribution in [2.24, 2.45) is 0 Å². The van der Waals surface area contributed by atoms with Crippen LogP contribution < -0.4 is 5.32 Å². The number of fused-ring (bicyclic) bond motifs is 3. The number of aromatic nitrogens is 4. The first-order valence-electron chi connectivity index (χ1n) is 11.5. The Hall–Kier alpha value is -3.36. The predicted molar refractivity (Wildman–Crippen MR) is 139 cm³/mol. The Morgan fingerprint density at radius 2 is 1.97 bits per heavy atom. The van der Waals surface area contributed by atoms with Gasteiger partial charge in [-0.25, -0.2) is 4.98 Å². The van der Waals surface area contributed by atoms with Crippen molar-refractivity contribution in [3.63, 3.8) is 0 Å². The number of benzene rings is 2. The molecule has 3 aromatic heterocycles. The van der Waals surface area contributed by atoms with E-state index in [1.54, 1.807) is 18.0 Å². The molecule has 5 aromatic rings. The summed E-state index contributed by atoms with van der Waals surface area (Å²) in [4.78, 5) is 16.9. The Morgan fingerprint density at radius 3 is 2.83 bits per heavy atom. The fourth-order valence-corrected chi connectivity index (χ4v) is 4.96. The van der Waals surface area contributed by atoms with Crippen LogP contribution in [0, 0.1) is 0 Å². The molecule has 0 saturated carbocycles. The number of unbranched alkanes of at least 4 members (excludes halogenated alkanes) is 1. The third-order valence-electron chi connectivity index (χ3n) is 5.65. The number of para-hydroxylation sites is 1. The van der Waals surface area contributed by atoms with Crippen LogP contribution in [0.1, 0.15) is 30.6 Å². The summed E-state index contributed by atoms with van der Waals surface area (Å²) < 4.78 is 7.39. The molecule has 7 nitrogen and oxygen atoms in total. The summed E-state index contributed by atoms with van der Waals surface area (Å²) in [5.41, 5.74) is 3.76. The smallest absolute Gasteiger partial charge is 0.220 e. The van der Waals surface area contributed by atoms with Gasteiger partial charge in [-0.2, -0.15) is 0 Å². The summed E-state index contributed by atoms with van der Waals surface area (Å²) >= 11 is 7.77. The number of amides is 1. The van der Waals surface area contributed by atoms with Crippen molar-refractivity contribution in [2.45, 2.75) is 37.5 Å². The van der Waals surface area contributed by atoms with Crippen molar-refractivity contribution in [3.8, 4) is 0 Å². The number of furan rings is 1. The summed E-state index contributed by atoms with van der Waals surface area (Å²) in [5.74, 6) is 1.59. The number of nitrogens with zero attached hydrogens (tertiary/aromatic N) is 4. The zero-order valence-electron chi connectivity index (χ0n) is 19.0. The van der Waals surface area contributed by atoms with E-state index in [4.69, 9.17) is 21.0 Å². The molecule has 1 amide bonds. The number of hydrogen-bond donors (Lipinski definition) is 1. The van der Waals surface area contributed by atoms with Crippen LogP contribution in [0.5, 0.6) is 0 Å². The van der Waals surface area contributed by atoms with Crippen molar-refractivity contribution in [1.82, 2.24) is 25.1 Å². The molecule has 2 aromatic carbocycles. The van der Waals surface area contributed by atoms with E-state index in [1.807, 2.05) is 48.5 Å². The molecule has 178 valence electrons. The molecule has 5 rings (SSSR count). The zero-order valence-corrected chi connectivity index (χ0v) is 20.6. The van der Waals surface area contributed by atoms with Gasteiger partial charge in [0, 0.05) is 29.1 Å². The second kappa shape index (κ2) is 10.9. The van der Waals surface area contributed by atoms with Gasteiger partial charge in [0.1, 0.15) is 11.3 Å². The van der Waals surface area contributed by atoms with Gasteiger partial charge in [0.15, 0.2) is 5.65 Å². The molecule has 9 heteroatoms. The van der Waals surface area contributed by atoms with Crippen molar-refractivity contribution in [3.05, 3.63) is 83.3 Å². The van der Waals surface area contributed by atoms with E-state index < -0.39 is 0 Å². The summed E-state index contributed by atoms with van der Waals surface area (Å²) in [6.45, 7) is 1.06. The van der Waals surface area contributed by atoms with Crippen LogP contribution in [-0.2, 0) is 17.9 Å². The molecule has 0 bridgehead atoms. The van der Waals surface area contributed by atoms with Gasteiger partial charge >= 0.3 is 0 Å². The predicted octanol–water partition coefficient (Wildman–Crippen LogP) is 5.85. The highest BCUT2D eigenvalue weighted by atomic mass is 35.5. The highest BCUT2D eigenvalue weighted by Gasteiger charge is 2.15. The molecule has 0 aliphatic heterocycles. The third kappa shape index (κ3) is 5.66. The molecule has 0 aliphatic carbocycles. The lowest BCUT2D eigenvalue weighted by Gasteiger charge is -2.08. The molecular weight excluding hydrogens is 482 g/mol. The molecule has 0 spiro atoms.